The lowest BCUT2D eigenvalue weighted by Gasteiger charge is -2.29. The number of carbonyl (C=O) groups is 1. The van der Waals surface area contributed by atoms with Gasteiger partial charge in [0.05, 0.1) is 6.20 Å². The Hall–Kier alpha value is -2.36. The number of rotatable bonds is 9. The Labute approximate surface area is 162 Å². The topological polar surface area (TPSA) is 46.3 Å². The van der Waals surface area contributed by atoms with Crippen LogP contribution in [0.1, 0.15) is 50.8 Å². The van der Waals surface area contributed by atoms with Crippen LogP contribution in [0.2, 0.25) is 0 Å². The molecular formula is C23H30N2O2. The minimum absolute atomic E-state index is 0.218. The molecule has 27 heavy (non-hydrogen) atoms. The first-order valence-electron chi connectivity index (χ1n) is 10.1. The molecule has 4 heteroatoms. The van der Waals surface area contributed by atoms with Gasteiger partial charge in [0, 0.05) is 31.5 Å². The van der Waals surface area contributed by atoms with Gasteiger partial charge < -0.3 is 9.32 Å². The van der Waals surface area contributed by atoms with E-state index < -0.39 is 0 Å². The molecule has 1 heterocycles. The highest BCUT2D eigenvalue weighted by atomic mass is 16.4. The molecule has 144 valence electrons. The van der Waals surface area contributed by atoms with Crippen molar-refractivity contribution in [2.75, 3.05) is 13.1 Å². The van der Waals surface area contributed by atoms with Gasteiger partial charge in [0.2, 0.25) is 5.91 Å². The Morgan fingerprint density at radius 2 is 2.00 bits per heavy atom. The number of benzene rings is 1. The Morgan fingerprint density at radius 3 is 2.74 bits per heavy atom. The molecule has 0 saturated heterocycles. The van der Waals surface area contributed by atoms with E-state index >= 15 is 0 Å². The molecule has 0 radical (unpaired) electrons. The summed E-state index contributed by atoms with van der Waals surface area (Å²) in [4.78, 5) is 19.0. The number of aryl methyl sites for hydroxylation is 1. The number of aromatic nitrogens is 1. The van der Waals surface area contributed by atoms with Gasteiger partial charge in [0.25, 0.3) is 0 Å². The Kier molecular flexibility index (Phi) is 7.26. The van der Waals surface area contributed by atoms with Crippen LogP contribution >= 0.6 is 0 Å². The van der Waals surface area contributed by atoms with Gasteiger partial charge in [-0.05, 0) is 25.2 Å². The molecule has 0 bridgehead atoms. The summed E-state index contributed by atoms with van der Waals surface area (Å²) in [5, 5.41) is 0. The lowest BCUT2D eigenvalue weighted by molar-refractivity contribution is -0.131. The second kappa shape index (κ2) is 10.1. The molecular weight excluding hydrogens is 336 g/mol. The zero-order valence-corrected chi connectivity index (χ0v) is 16.1. The van der Waals surface area contributed by atoms with Crippen molar-refractivity contribution in [1.29, 1.82) is 0 Å². The van der Waals surface area contributed by atoms with Crippen LogP contribution < -0.4 is 0 Å². The third-order valence-corrected chi connectivity index (χ3v) is 5.30. The summed E-state index contributed by atoms with van der Waals surface area (Å²) in [5.41, 5.74) is 1.02. The molecule has 4 nitrogen and oxygen atoms in total. The number of amides is 1. The predicted octanol–water partition coefficient (Wildman–Crippen LogP) is 5.26. The molecule has 3 rings (SSSR count). The monoisotopic (exact) mass is 366 g/mol. The van der Waals surface area contributed by atoms with Crippen molar-refractivity contribution < 1.29 is 9.21 Å². The van der Waals surface area contributed by atoms with Crippen LogP contribution in [-0.4, -0.2) is 28.9 Å². The maximum absolute atomic E-state index is 12.7. The SMILES string of the molecule is C=CCN(CC1CCCCC1)C(=O)CCCc1ncc(-c2ccccc2)o1. The summed E-state index contributed by atoms with van der Waals surface area (Å²) < 4.78 is 5.83. The Morgan fingerprint density at radius 1 is 1.22 bits per heavy atom. The van der Waals surface area contributed by atoms with Crippen molar-refractivity contribution in [3.8, 4) is 11.3 Å². The summed E-state index contributed by atoms with van der Waals surface area (Å²) in [6.07, 6.45) is 12.0. The third-order valence-electron chi connectivity index (χ3n) is 5.30. The second-order valence-corrected chi connectivity index (χ2v) is 7.43. The molecule has 1 aromatic heterocycles. The lowest BCUT2D eigenvalue weighted by atomic mass is 9.89. The zero-order valence-electron chi connectivity index (χ0n) is 16.1. The van der Waals surface area contributed by atoms with E-state index in [2.05, 4.69) is 11.6 Å². The van der Waals surface area contributed by atoms with E-state index in [1.807, 2.05) is 41.3 Å². The highest BCUT2D eigenvalue weighted by Crippen LogP contribution is 2.25. The van der Waals surface area contributed by atoms with Crippen molar-refractivity contribution >= 4 is 5.91 Å². The van der Waals surface area contributed by atoms with Crippen LogP contribution in [0.5, 0.6) is 0 Å². The first-order chi connectivity index (χ1) is 13.3. The van der Waals surface area contributed by atoms with E-state index in [0.29, 0.717) is 31.2 Å². The van der Waals surface area contributed by atoms with E-state index in [0.717, 1.165) is 24.3 Å². The molecule has 1 aliphatic rings. The fourth-order valence-corrected chi connectivity index (χ4v) is 3.83. The molecule has 2 aromatic rings. The number of oxazole rings is 1. The molecule has 1 amide bonds. The van der Waals surface area contributed by atoms with E-state index in [1.54, 1.807) is 6.20 Å². The van der Waals surface area contributed by atoms with Crippen LogP contribution in [0.25, 0.3) is 11.3 Å². The van der Waals surface area contributed by atoms with Crippen LogP contribution in [0.4, 0.5) is 0 Å². The van der Waals surface area contributed by atoms with Crippen LogP contribution in [-0.2, 0) is 11.2 Å². The average Bonchev–Trinajstić information content (AvgIpc) is 3.18. The van der Waals surface area contributed by atoms with Crippen molar-refractivity contribution in [2.24, 2.45) is 5.92 Å². The highest BCUT2D eigenvalue weighted by Gasteiger charge is 2.20. The molecule has 0 atom stereocenters. The van der Waals surface area contributed by atoms with E-state index in [9.17, 15) is 4.79 Å². The van der Waals surface area contributed by atoms with Crippen molar-refractivity contribution in [3.63, 3.8) is 0 Å². The van der Waals surface area contributed by atoms with Crippen LogP contribution in [0.15, 0.2) is 53.6 Å². The van der Waals surface area contributed by atoms with Gasteiger partial charge in [-0.15, -0.1) is 6.58 Å². The predicted molar refractivity (Wildman–Crippen MR) is 108 cm³/mol. The fraction of sp³-hybridized carbons (Fsp3) is 0.478. The van der Waals surface area contributed by atoms with Crippen molar-refractivity contribution in [3.05, 3.63) is 55.1 Å². The van der Waals surface area contributed by atoms with Gasteiger partial charge in [-0.1, -0.05) is 55.7 Å². The molecule has 1 aliphatic carbocycles. The summed E-state index contributed by atoms with van der Waals surface area (Å²) in [6, 6.07) is 9.96. The van der Waals surface area contributed by atoms with Crippen molar-refractivity contribution in [1.82, 2.24) is 9.88 Å². The number of hydrogen-bond donors (Lipinski definition) is 0. The minimum atomic E-state index is 0.218. The number of hydrogen-bond acceptors (Lipinski definition) is 3. The summed E-state index contributed by atoms with van der Waals surface area (Å²) >= 11 is 0. The van der Waals surface area contributed by atoms with Gasteiger partial charge in [-0.25, -0.2) is 4.98 Å². The van der Waals surface area contributed by atoms with E-state index in [1.165, 1.54) is 32.1 Å². The van der Waals surface area contributed by atoms with Gasteiger partial charge in [-0.3, -0.25) is 4.79 Å². The molecule has 0 unspecified atom stereocenters. The quantitative estimate of drug-likeness (QED) is 0.569. The minimum Gasteiger partial charge on any atom is -0.441 e. The number of nitrogens with zero attached hydrogens (tertiary/aromatic N) is 2. The summed E-state index contributed by atoms with van der Waals surface area (Å²) in [6.45, 7) is 5.34. The molecule has 0 spiro atoms. The van der Waals surface area contributed by atoms with Crippen molar-refractivity contribution in [2.45, 2.75) is 51.4 Å². The first-order valence-corrected chi connectivity index (χ1v) is 10.1. The van der Waals surface area contributed by atoms with Gasteiger partial charge in [0.15, 0.2) is 11.7 Å². The first kappa shape index (κ1) is 19.4. The van der Waals surface area contributed by atoms with E-state index in [4.69, 9.17) is 4.42 Å². The van der Waals surface area contributed by atoms with E-state index in [-0.39, 0.29) is 5.91 Å². The van der Waals surface area contributed by atoms with Crippen LogP contribution in [0.3, 0.4) is 0 Å². The largest absolute Gasteiger partial charge is 0.441 e. The molecule has 1 fully saturated rings. The molecule has 1 saturated carbocycles. The number of carbonyl (C=O) groups excluding carboxylic acids is 1. The third kappa shape index (κ3) is 5.81. The average molecular weight is 367 g/mol. The normalized spacial score (nSPS) is 14.8. The smallest absolute Gasteiger partial charge is 0.222 e. The van der Waals surface area contributed by atoms with Crippen LogP contribution in [0, 0.1) is 5.92 Å². The fourth-order valence-electron chi connectivity index (χ4n) is 3.83. The Bertz CT molecular complexity index is 717. The maximum Gasteiger partial charge on any atom is 0.222 e. The second-order valence-electron chi connectivity index (χ2n) is 7.43. The Balaban J connectivity index is 1.47. The zero-order chi connectivity index (χ0) is 18.9. The van der Waals surface area contributed by atoms with Gasteiger partial charge >= 0.3 is 0 Å². The molecule has 0 aliphatic heterocycles. The standard InChI is InChI=1S/C23H30N2O2/c1-2-16-25(18-19-10-5-3-6-11-19)23(26)15-9-14-22-24-17-21(27-22)20-12-7-4-8-13-20/h2,4,7-8,12-13,17,19H,1,3,5-6,9-11,14-16,18H2. The molecule has 0 N–H and O–H groups in total. The summed E-state index contributed by atoms with van der Waals surface area (Å²) in [7, 11) is 0. The lowest BCUT2D eigenvalue weighted by Crippen LogP contribution is -2.36. The van der Waals surface area contributed by atoms with Gasteiger partial charge in [0.1, 0.15) is 0 Å². The summed E-state index contributed by atoms with van der Waals surface area (Å²) in [5.74, 6) is 2.35. The van der Waals surface area contributed by atoms with Gasteiger partial charge in [-0.2, -0.15) is 0 Å². The highest BCUT2D eigenvalue weighted by molar-refractivity contribution is 5.76. The molecule has 1 aromatic carbocycles. The maximum atomic E-state index is 12.7.